The number of ether oxygens (including phenoxy) is 2. The number of phenolic OH excluding ortho intramolecular Hbond substituents is 1. The van der Waals surface area contributed by atoms with Gasteiger partial charge < -0.3 is 24.1 Å². The lowest BCUT2D eigenvalue weighted by atomic mass is 10.0. The van der Waals surface area contributed by atoms with Crippen LogP contribution in [-0.2, 0) is 32.8 Å². The summed E-state index contributed by atoms with van der Waals surface area (Å²) < 4.78 is 49.0. The minimum atomic E-state index is -4.65. The molecule has 1 atom stereocenters. The molecule has 204 valence electrons. The first-order valence-corrected chi connectivity index (χ1v) is 13.0. The van der Waals surface area contributed by atoms with Crippen molar-refractivity contribution < 1.29 is 41.9 Å². The van der Waals surface area contributed by atoms with Crippen molar-refractivity contribution in [2.24, 2.45) is 0 Å². The smallest absolute Gasteiger partial charge is 0.325 e. The summed E-state index contributed by atoms with van der Waals surface area (Å²) in [6, 6.07) is 14.3. The lowest BCUT2D eigenvalue weighted by Crippen LogP contribution is -2.40. The summed E-state index contributed by atoms with van der Waals surface area (Å²) in [6.07, 6.45) is 1.10. The van der Waals surface area contributed by atoms with Crippen molar-refractivity contribution in [3.8, 4) is 22.6 Å². The van der Waals surface area contributed by atoms with Gasteiger partial charge in [-0.3, -0.25) is 19.5 Å². The average molecular weight is 556 g/mol. The molecule has 4 aromatic rings. The Morgan fingerprint density at radius 2 is 1.85 bits per heavy atom. The molecule has 1 unspecified atom stereocenters. The van der Waals surface area contributed by atoms with Gasteiger partial charge in [0.05, 0.1) is 30.2 Å². The summed E-state index contributed by atoms with van der Waals surface area (Å²) in [5.74, 6) is -1.04. The third-order valence-electron chi connectivity index (χ3n) is 5.99. The van der Waals surface area contributed by atoms with Gasteiger partial charge in [0.2, 0.25) is 5.43 Å². The van der Waals surface area contributed by atoms with Crippen LogP contribution < -0.4 is 15.5 Å². The summed E-state index contributed by atoms with van der Waals surface area (Å²) in [5.41, 5.74) is 0.552. The zero-order chi connectivity index (χ0) is 28.2. The molecule has 0 saturated carbocycles. The summed E-state index contributed by atoms with van der Waals surface area (Å²) in [7, 11) is -3.41. The molecule has 0 aliphatic rings. The van der Waals surface area contributed by atoms with Crippen LogP contribution in [0.15, 0.2) is 81.0 Å². The summed E-state index contributed by atoms with van der Waals surface area (Å²) in [4.78, 5) is 25.3. The Labute approximate surface area is 223 Å². The van der Waals surface area contributed by atoms with Gasteiger partial charge in [-0.1, -0.05) is 36.4 Å². The first-order chi connectivity index (χ1) is 18.6. The normalized spacial score (nSPS) is 12.3. The van der Waals surface area contributed by atoms with E-state index in [-0.39, 0.29) is 52.3 Å². The summed E-state index contributed by atoms with van der Waals surface area (Å²) >= 11 is 0. The molecule has 0 fully saturated rings. The predicted molar refractivity (Wildman–Crippen MR) is 140 cm³/mol. The van der Waals surface area contributed by atoms with E-state index in [0.29, 0.717) is 0 Å². The first kappa shape index (κ1) is 27.8. The number of hydrogen-bond donors (Lipinski definition) is 4. The molecular weight excluding hydrogens is 530 g/mol. The average Bonchev–Trinajstić information content (AvgIpc) is 2.93. The molecular formula is C27H25NO10S. The molecule has 0 aliphatic heterocycles. The lowest BCUT2D eigenvalue weighted by Gasteiger charge is -2.17. The Morgan fingerprint density at radius 3 is 2.51 bits per heavy atom. The molecule has 0 aliphatic carbocycles. The van der Waals surface area contributed by atoms with Crippen LogP contribution in [0.4, 0.5) is 0 Å². The van der Waals surface area contributed by atoms with E-state index >= 15 is 0 Å². The van der Waals surface area contributed by atoms with Crippen molar-refractivity contribution in [1.82, 2.24) is 5.32 Å². The van der Waals surface area contributed by atoms with Gasteiger partial charge in [0, 0.05) is 6.54 Å². The number of rotatable bonds is 10. The highest BCUT2D eigenvalue weighted by molar-refractivity contribution is 7.86. The standard InChI is InChI=1S/C27H25NO10S/c1-36-23-10-7-17(11-24(23)39(33,34)35)20-15-37-26-18(25(20)31)8-9-22(30)19(26)12-28-21(13-29)27(32)38-14-16-5-3-2-4-6-16/h2-11,15,21,28-30H,12-14H2,1H3,(H,33,34,35). The molecule has 1 aromatic heterocycles. The molecule has 4 N–H and O–H groups in total. The number of fused-ring (bicyclic) bond motifs is 1. The topological polar surface area (TPSA) is 173 Å². The van der Waals surface area contributed by atoms with Gasteiger partial charge >= 0.3 is 5.97 Å². The maximum absolute atomic E-state index is 13.3. The van der Waals surface area contributed by atoms with Crippen LogP contribution in [0.25, 0.3) is 22.1 Å². The number of aliphatic hydroxyl groups is 1. The second kappa shape index (κ2) is 11.7. The van der Waals surface area contributed by atoms with E-state index in [2.05, 4.69) is 5.32 Å². The Morgan fingerprint density at radius 1 is 1.10 bits per heavy atom. The Bertz CT molecular complexity index is 1670. The quantitative estimate of drug-likeness (QED) is 0.167. The predicted octanol–water partition coefficient (Wildman–Crippen LogP) is 2.61. The third-order valence-corrected chi connectivity index (χ3v) is 6.86. The van der Waals surface area contributed by atoms with Crippen LogP contribution in [0, 0.1) is 0 Å². The van der Waals surface area contributed by atoms with Gasteiger partial charge in [0.15, 0.2) is 0 Å². The molecule has 0 bridgehead atoms. The Kier molecular flexibility index (Phi) is 8.31. The fourth-order valence-electron chi connectivity index (χ4n) is 3.94. The van der Waals surface area contributed by atoms with Crippen LogP contribution in [-0.4, -0.2) is 48.9 Å². The molecule has 0 spiro atoms. The minimum absolute atomic E-state index is 0.00243. The summed E-state index contributed by atoms with van der Waals surface area (Å²) in [5, 5.41) is 23.0. The number of benzene rings is 3. The second-order valence-electron chi connectivity index (χ2n) is 8.47. The van der Waals surface area contributed by atoms with Crippen molar-refractivity contribution in [2.45, 2.75) is 24.1 Å². The molecule has 39 heavy (non-hydrogen) atoms. The lowest BCUT2D eigenvalue weighted by molar-refractivity contribution is -0.148. The molecule has 0 saturated heterocycles. The Hall–Kier alpha value is -4.23. The maximum atomic E-state index is 13.3. The van der Waals surface area contributed by atoms with Crippen LogP contribution in [0.5, 0.6) is 11.5 Å². The van der Waals surface area contributed by atoms with E-state index < -0.39 is 39.1 Å². The zero-order valence-electron chi connectivity index (χ0n) is 20.7. The number of phenols is 1. The molecule has 3 aromatic carbocycles. The van der Waals surface area contributed by atoms with Crippen molar-refractivity contribution in [1.29, 1.82) is 0 Å². The second-order valence-corrected chi connectivity index (χ2v) is 9.86. The highest BCUT2D eigenvalue weighted by Gasteiger charge is 2.23. The zero-order valence-corrected chi connectivity index (χ0v) is 21.5. The van der Waals surface area contributed by atoms with E-state index in [0.717, 1.165) is 17.9 Å². The molecule has 0 radical (unpaired) electrons. The number of hydrogen-bond acceptors (Lipinski definition) is 10. The summed E-state index contributed by atoms with van der Waals surface area (Å²) in [6.45, 7) is -0.729. The van der Waals surface area contributed by atoms with Gasteiger partial charge in [-0.05, 0) is 35.4 Å². The third kappa shape index (κ3) is 6.10. The van der Waals surface area contributed by atoms with E-state index in [9.17, 15) is 32.8 Å². The number of aliphatic hydroxyl groups excluding tert-OH is 1. The van der Waals surface area contributed by atoms with Crippen molar-refractivity contribution in [3.63, 3.8) is 0 Å². The van der Waals surface area contributed by atoms with Crippen molar-refractivity contribution in [3.05, 3.63) is 88.3 Å². The van der Waals surface area contributed by atoms with Gasteiger partial charge in [-0.15, -0.1) is 0 Å². The maximum Gasteiger partial charge on any atom is 0.325 e. The molecule has 4 rings (SSSR count). The Balaban J connectivity index is 1.61. The van der Waals surface area contributed by atoms with Crippen LogP contribution in [0.1, 0.15) is 11.1 Å². The van der Waals surface area contributed by atoms with Crippen LogP contribution in [0.2, 0.25) is 0 Å². The fourth-order valence-corrected chi connectivity index (χ4v) is 4.62. The van der Waals surface area contributed by atoms with Gasteiger partial charge in [-0.25, -0.2) is 0 Å². The molecule has 1 heterocycles. The van der Waals surface area contributed by atoms with E-state index in [1.54, 1.807) is 24.3 Å². The van der Waals surface area contributed by atoms with E-state index in [1.165, 1.54) is 31.4 Å². The highest BCUT2D eigenvalue weighted by atomic mass is 32.2. The molecule has 11 nitrogen and oxygen atoms in total. The van der Waals surface area contributed by atoms with E-state index in [1.807, 2.05) is 6.07 Å². The van der Waals surface area contributed by atoms with Gasteiger partial charge in [-0.2, -0.15) is 8.42 Å². The highest BCUT2D eigenvalue weighted by Crippen LogP contribution is 2.31. The number of carbonyl (C=O) groups excluding carboxylic acids is 1. The van der Waals surface area contributed by atoms with Gasteiger partial charge in [0.25, 0.3) is 10.1 Å². The van der Waals surface area contributed by atoms with Crippen LogP contribution in [0.3, 0.4) is 0 Å². The number of nitrogens with one attached hydrogen (secondary N) is 1. The van der Waals surface area contributed by atoms with Gasteiger partial charge in [0.1, 0.15) is 40.9 Å². The van der Waals surface area contributed by atoms with E-state index in [4.69, 9.17) is 13.9 Å². The SMILES string of the molecule is COc1ccc(-c2coc3c(CNC(CO)C(=O)OCc4ccccc4)c(O)ccc3c2=O)cc1S(=O)(=O)O. The molecule has 12 heteroatoms. The fraction of sp³-hybridized carbons (Fsp3) is 0.185. The first-order valence-electron chi connectivity index (χ1n) is 11.6. The largest absolute Gasteiger partial charge is 0.507 e. The number of carbonyl (C=O) groups is 1. The number of aromatic hydroxyl groups is 1. The minimum Gasteiger partial charge on any atom is -0.507 e. The number of methoxy groups -OCH3 is 1. The van der Waals surface area contributed by atoms with Crippen molar-refractivity contribution in [2.75, 3.05) is 13.7 Å². The van der Waals surface area contributed by atoms with Crippen LogP contribution >= 0.6 is 0 Å². The monoisotopic (exact) mass is 555 g/mol. The molecule has 0 amide bonds. The van der Waals surface area contributed by atoms with Crippen molar-refractivity contribution >= 4 is 27.1 Å². The number of esters is 1.